The molecule has 0 unspecified atom stereocenters. The molecule has 0 spiro atoms. The molecule has 2 fully saturated rings. The number of fused-ring (bicyclic) bond motifs is 3. The summed E-state index contributed by atoms with van der Waals surface area (Å²) >= 11 is 0. The molecule has 1 aliphatic carbocycles. The van der Waals surface area contributed by atoms with Crippen molar-refractivity contribution in [3.8, 4) is 6.07 Å². The Morgan fingerprint density at radius 3 is 2.78 bits per heavy atom. The number of rotatable bonds is 5. The summed E-state index contributed by atoms with van der Waals surface area (Å²) < 4.78 is 19.6. The van der Waals surface area contributed by atoms with E-state index < -0.39 is 11.7 Å². The van der Waals surface area contributed by atoms with E-state index >= 15 is 0 Å². The summed E-state index contributed by atoms with van der Waals surface area (Å²) in [5.41, 5.74) is 2.22. The van der Waals surface area contributed by atoms with Gasteiger partial charge in [-0.05, 0) is 49.1 Å². The lowest BCUT2D eigenvalue weighted by Crippen LogP contribution is -2.50. The number of nitrogens with zero attached hydrogens (tertiary/aromatic N) is 2. The second-order valence-corrected chi connectivity index (χ2v) is 10.00. The summed E-state index contributed by atoms with van der Waals surface area (Å²) in [7, 11) is 1.70. The topological polar surface area (TPSA) is 94.5 Å². The lowest BCUT2D eigenvalue weighted by molar-refractivity contribution is -0.139. The third-order valence-corrected chi connectivity index (χ3v) is 7.96. The number of nitrogens with one attached hydrogen (secondary N) is 2. The van der Waals surface area contributed by atoms with Crippen LogP contribution in [0.5, 0.6) is 0 Å². The maximum absolute atomic E-state index is 14.1. The average Bonchev–Trinajstić information content (AvgIpc) is 3.35. The largest absolute Gasteiger partial charge is 0.383 e. The standard InChI is InChI=1S/C28H31FN4O3/c1-36-16-25-20-12-13-33(26(20)19-6-2-4-8-23(19)31-25)28(35)21-7-3-5-9-24(21)32-27(34)17-10-11-18(15-30)22(29)14-17/h2,4,6,8,10-11,14,20-21,24-26,31H,3,5,7,9,12-13,16H2,1H3,(H,32,34)/t20-,21+,24-,25+,26+/m1/s1. The van der Waals surface area contributed by atoms with Gasteiger partial charge in [0.05, 0.1) is 30.2 Å². The van der Waals surface area contributed by atoms with Crippen molar-refractivity contribution in [2.75, 3.05) is 25.6 Å². The fraction of sp³-hybridized carbons (Fsp3) is 0.464. The van der Waals surface area contributed by atoms with Crippen molar-refractivity contribution in [2.24, 2.45) is 11.8 Å². The second-order valence-electron chi connectivity index (χ2n) is 10.00. The van der Waals surface area contributed by atoms with E-state index in [-0.39, 0.29) is 47.0 Å². The van der Waals surface area contributed by atoms with Gasteiger partial charge in [0.25, 0.3) is 5.91 Å². The monoisotopic (exact) mass is 490 g/mol. The molecule has 0 radical (unpaired) electrons. The fourth-order valence-corrected chi connectivity index (χ4v) is 6.23. The Bertz CT molecular complexity index is 1200. The van der Waals surface area contributed by atoms with Crippen LogP contribution in [0.2, 0.25) is 0 Å². The third-order valence-electron chi connectivity index (χ3n) is 7.96. The van der Waals surface area contributed by atoms with Crippen LogP contribution in [0.15, 0.2) is 42.5 Å². The molecule has 1 saturated carbocycles. The van der Waals surface area contributed by atoms with E-state index in [1.165, 1.54) is 12.1 Å². The van der Waals surface area contributed by atoms with Crippen molar-refractivity contribution in [2.45, 2.75) is 50.2 Å². The van der Waals surface area contributed by atoms with Crippen molar-refractivity contribution in [3.63, 3.8) is 0 Å². The summed E-state index contributed by atoms with van der Waals surface area (Å²) in [6.07, 6.45) is 4.15. The first-order valence-corrected chi connectivity index (χ1v) is 12.7. The Morgan fingerprint density at radius 1 is 1.19 bits per heavy atom. The molecule has 8 heteroatoms. The number of carbonyl (C=O) groups excluding carboxylic acids is 2. The maximum atomic E-state index is 14.1. The SMILES string of the molecule is COC[C@@H]1Nc2ccccc2[C@H]2[C@@H]1CCN2C(=O)[C@H]1CCCC[C@H]1NC(=O)c1ccc(C#N)c(F)c1. The minimum atomic E-state index is -0.722. The highest BCUT2D eigenvalue weighted by molar-refractivity contribution is 5.95. The first kappa shape index (κ1) is 24.3. The summed E-state index contributed by atoms with van der Waals surface area (Å²) in [4.78, 5) is 29.0. The minimum absolute atomic E-state index is 0.0269. The van der Waals surface area contributed by atoms with Crippen molar-refractivity contribution in [3.05, 3.63) is 65.0 Å². The van der Waals surface area contributed by atoms with Crippen LogP contribution in [0.4, 0.5) is 10.1 Å². The van der Waals surface area contributed by atoms with Crippen LogP contribution in [-0.2, 0) is 9.53 Å². The Morgan fingerprint density at radius 2 is 2.00 bits per heavy atom. The third kappa shape index (κ3) is 4.44. The molecule has 2 aromatic rings. The second kappa shape index (κ2) is 10.3. The van der Waals surface area contributed by atoms with E-state index in [2.05, 4.69) is 22.8 Å². The van der Waals surface area contributed by atoms with Gasteiger partial charge >= 0.3 is 0 Å². The van der Waals surface area contributed by atoms with Crippen molar-refractivity contribution < 1.29 is 18.7 Å². The molecule has 2 amide bonds. The Hall–Kier alpha value is -3.44. The minimum Gasteiger partial charge on any atom is -0.383 e. The molecule has 7 nitrogen and oxygen atoms in total. The van der Waals surface area contributed by atoms with E-state index in [0.717, 1.165) is 36.6 Å². The molecule has 0 bridgehead atoms. The highest BCUT2D eigenvalue weighted by atomic mass is 19.1. The fourth-order valence-electron chi connectivity index (χ4n) is 6.23. The van der Waals surface area contributed by atoms with Crippen LogP contribution in [0.3, 0.4) is 0 Å². The zero-order valence-corrected chi connectivity index (χ0v) is 20.4. The number of likely N-dealkylation sites (tertiary alicyclic amines) is 1. The van der Waals surface area contributed by atoms with Crippen molar-refractivity contribution >= 4 is 17.5 Å². The van der Waals surface area contributed by atoms with Crippen LogP contribution in [0.25, 0.3) is 0 Å². The molecule has 1 saturated heterocycles. The Kier molecular flexibility index (Phi) is 6.92. The molecule has 5 rings (SSSR count). The van der Waals surface area contributed by atoms with Gasteiger partial charge in [-0.3, -0.25) is 9.59 Å². The first-order chi connectivity index (χ1) is 17.5. The summed E-state index contributed by atoms with van der Waals surface area (Å²) in [5.74, 6) is -1.14. The van der Waals surface area contributed by atoms with Crippen LogP contribution in [0, 0.1) is 29.0 Å². The highest BCUT2D eigenvalue weighted by Gasteiger charge is 2.48. The number of hydrogen-bond donors (Lipinski definition) is 2. The number of anilines is 1. The summed E-state index contributed by atoms with van der Waals surface area (Å²) in [5, 5.41) is 15.6. The molecule has 2 N–H and O–H groups in total. The van der Waals surface area contributed by atoms with Gasteiger partial charge in [-0.25, -0.2) is 4.39 Å². The maximum Gasteiger partial charge on any atom is 0.251 e. The predicted octanol–water partition coefficient (Wildman–Crippen LogP) is 4.02. The number of para-hydroxylation sites is 1. The van der Waals surface area contributed by atoms with Gasteiger partial charge in [-0.2, -0.15) is 5.26 Å². The lowest BCUT2D eigenvalue weighted by atomic mass is 9.81. The zero-order chi connectivity index (χ0) is 25.2. The van der Waals surface area contributed by atoms with Gasteiger partial charge in [0.2, 0.25) is 5.91 Å². The number of nitriles is 1. The number of halogens is 1. The number of amides is 2. The molecule has 2 aromatic carbocycles. The van der Waals surface area contributed by atoms with Gasteiger partial charge in [-0.15, -0.1) is 0 Å². The van der Waals surface area contributed by atoms with Gasteiger partial charge in [-0.1, -0.05) is 31.0 Å². The molecule has 36 heavy (non-hydrogen) atoms. The van der Waals surface area contributed by atoms with Crippen LogP contribution in [-0.4, -0.2) is 49.1 Å². The van der Waals surface area contributed by atoms with E-state index in [4.69, 9.17) is 10.00 Å². The van der Waals surface area contributed by atoms with E-state index in [1.54, 1.807) is 13.2 Å². The zero-order valence-electron chi connectivity index (χ0n) is 20.4. The van der Waals surface area contributed by atoms with E-state index in [9.17, 15) is 14.0 Å². The molecule has 5 atom stereocenters. The number of methoxy groups -OCH3 is 1. The number of hydrogen-bond acceptors (Lipinski definition) is 5. The molecular formula is C28H31FN4O3. The molecule has 2 heterocycles. The normalized spacial score (nSPS) is 26.8. The molecule has 2 aliphatic heterocycles. The molecular weight excluding hydrogens is 459 g/mol. The smallest absolute Gasteiger partial charge is 0.251 e. The molecule has 3 aliphatic rings. The van der Waals surface area contributed by atoms with Crippen LogP contribution < -0.4 is 10.6 Å². The highest BCUT2D eigenvalue weighted by Crippen LogP contribution is 2.47. The number of carbonyl (C=O) groups is 2. The molecule has 188 valence electrons. The predicted molar refractivity (Wildman–Crippen MR) is 133 cm³/mol. The molecule has 0 aromatic heterocycles. The quantitative estimate of drug-likeness (QED) is 0.660. The van der Waals surface area contributed by atoms with E-state index in [0.29, 0.717) is 26.0 Å². The van der Waals surface area contributed by atoms with Gasteiger partial charge < -0.3 is 20.3 Å². The summed E-state index contributed by atoms with van der Waals surface area (Å²) in [6, 6.07) is 13.5. The first-order valence-electron chi connectivity index (χ1n) is 12.7. The average molecular weight is 491 g/mol. The van der Waals surface area contributed by atoms with Gasteiger partial charge in [0.1, 0.15) is 11.9 Å². The van der Waals surface area contributed by atoms with E-state index in [1.807, 2.05) is 17.0 Å². The van der Waals surface area contributed by atoms with Gasteiger partial charge in [0, 0.05) is 36.9 Å². The number of ether oxygens (including phenoxy) is 1. The van der Waals surface area contributed by atoms with Crippen LogP contribution >= 0.6 is 0 Å². The number of benzene rings is 2. The Balaban J connectivity index is 1.37. The lowest BCUT2D eigenvalue weighted by Gasteiger charge is -2.41. The Labute approximate surface area is 210 Å². The van der Waals surface area contributed by atoms with Crippen molar-refractivity contribution in [1.29, 1.82) is 5.26 Å². The van der Waals surface area contributed by atoms with Gasteiger partial charge in [0.15, 0.2) is 0 Å². The summed E-state index contributed by atoms with van der Waals surface area (Å²) in [6.45, 7) is 1.24. The van der Waals surface area contributed by atoms with Crippen molar-refractivity contribution in [1.82, 2.24) is 10.2 Å². The van der Waals surface area contributed by atoms with Crippen LogP contribution in [0.1, 0.15) is 59.6 Å².